The molecule has 1 aromatic carbocycles. The molecule has 0 bridgehead atoms. The van der Waals surface area contributed by atoms with Gasteiger partial charge in [-0.25, -0.2) is 0 Å². The summed E-state index contributed by atoms with van der Waals surface area (Å²) in [5, 5.41) is 3.45. The predicted molar refractivity (Wildman–Crippen MR) is 79.2 cm³/mol. The molecule has 1 aliphatic heterocycles. The Bertz CT molecular complexity index is 379. The molecule has 0 atom stereocenters. The Morgan fingerprint density at radius 1 is 1.28 bits per heavy atom. The highest BCUT2D eigenvalue weighted by atomic mass is 15.1. The molecule has 1 fully saturated rings. The van der Waals surface area contributed by atoms with Crippen molar-refractivity contribution in [3.05, 3.63) is 29.3 Å². The van der Waals surface area contributed by atoms with E-state index in [1.807, 2.05) is 0 Å². The molecule has 0 saturated carbocycles. The fourth-order valence-electron chi connectivity index (χ4n) is 2.67. The van der Waals surface area contributed by atoms with Gasteiger partial charge in [-0.1, -0.05) is 31.5 Å². The third-order valence-electron chi connectivity index (χ3n) is 3.92. The summed E-state index contributed by atoms with van der Waals surface area (Å²) in [6, 6.07) is 6.87. The second-order valence-corrected chi connectivity index (χ2v) is 5.58. The molecule has 100 valence electrons. The lowest BCUT2D eigenvalue weighted by Gasteiger charge is -2.33. The van der Waals surface area contributed by atoms with Gasteiger partial charge in [-0.05, 0) is 43.9 Å². The van der Waals surface area contributed by atoms with Crippen molar-refractivity contribution in [3.8, 4) is 0 Å². The summed E-state index contributed by atoms with van der Waals surface area (Å²) < 4.78 is 0. The van der Waals surface area contributed by atoms with Crippen LogP contribution in [0.1, 0.15) is 37.8 Å². The number of nitrogens with one attached hydrogen (secondary N) is 1. The fourth-order valence-corrected chi connectivity index (χ4v) is 2.67. The second-order valence-electron chi connectivity index (χ2n) is 5.58. The molecule has 2 heteroatoms. The van der Waals surface area contributed by atoms with Crippen molar-refractivity contribution in [3.63, 3.8) is 0 Å². The molecule has 1 aromatic rings. The maximum Gasteiger partial charge on any atom is 0.0412 e. The van der Waals surface area contributed by atoms with E-state index in [1.165, 1.54) is 42.7 Å². The van der Waals surface area contributed by atoms with E-state index in [1.54, 1.807) is 0 Å². The van der Waals surface area contributed by atoms with Crippen molar-refractivity contribution in [2.75, 3.05) is 24.5 Å². The highest BCUT2D eigenvalue weighted by molar-refractivity contribution is 5.55. The maximum atomic E-state index is 3.45. The van der Waals surface area contributed by atoms with Crippen LogP contribution in [-0.2, 0) is 6.54 Å². The van der Waals surface area contributed by atoms with Gasteiger partial charge in [-0.15, -0.1) is 0 Å². The first-order chi connectivity index (χ1) is 8.70. The van der Waals surface area contributed by atoms with E-state index in [0.29, 0.717) is 0 Å². The van der Waals surface area contributed by atoms with Crippen LogP contribution in [0.4, 0.5) is 5.69 Å². The number of hydrogen-bond donors (Lipinski definition) is 1. The van der Waals surface area contributed by atoms with Crippen LogP contribution in [0, 0.1) is 12.8 Å². The van der Waals surface area contributed by atoms with Gasteiger partial charge in [0.25, 0.3) is 0 Å². The Labute approximate surface area is 111 Å². The first-order valence-corrected chi connectivity index (χ1v) is 7.26. The van der Waals surface area contributed by atoms with Crippen LogP contribution in [0.3, 0.4) is 0 Å². The van der Waals surface area contributed by atoms with Crippen LogP contribution in [-0.4, -0.2) is 19.6 Å². The fraction of sp³-hybridized carbons (Fsp3) is 0.625. The van der Waals surface area contributed by atoms with E-state index in [2.05, 4.69) is 49.2 Å². The summed E-state index contributed by atoms with van der Waals surface area (Å²) in [6.07, 6.45) is 2.66. The molecule has 1 heterocycles. The van der Waals surface area contributed by atoms with E-state index in [-0.39, 0.29) is 0 Å². The Morgan fingerprint density at radius 2 is 2.00 bits per heavy atom. The average molecular weight is 246 g/mol. The quantitative estimate of drug-likeness (QED) is 0.876. The number of nitrogens with zero attached hydrogens (tertiary/aromatic N) is 1. The van der Waals surface area contributed by atoms with Gasteiger partial charge in [0.2, 0.25) is 0 Å². The van der Waals surface area contributed by atoms with Crippen molar-refractivity contribution in [2.24, 2.45) is 5.92 Å². The van der Waals surface area contributed by atoms with Gasteiger partial charge in [-0.3, -0.25) is 0 Å². The van der Waals surface area contributed by atoms with Gasteiger partial charge < -0.3 is 10.2 Å². The van der Waals surface area contributed by atoms with Gasteiger partial charge in [0, 0.05) is 25.3 Å². The molecule has 1 aliphatic rings. The lowest BCUT2D eigenvalue weighted by molar-refractivity contribution is 0.437. The van der Waals surface area contributed by atoms with Crippen molar-refractivity contribution < 1.29 is 0 Å². The lowest BCUT2D eigenvalue weighted by atomic mass is 9.97. The minimum Gasteiger partial charge on any atom is -0.371 e. The van der Waals surface area contributed by atoms with E-state index in [9.17, 15) is 0 Å². The molecule has 0 spiro atoms. The summed E-state index contributed by atoms with van der Waals surface area (Å²) in [5.41, 5.74) is 4.25. The molecular formula is C16H26N2. The minimum atomic E-state index is 0.893. The average Bonchev–Trinajstić information content (AvgIpc) is 2.38. The summed E-state index contributed by atoms with van der Waals surface area (Å²) in [5.74, 6) is 0.893. The Kier molecular flexibility index (Phi) is 4.65. The number of anilines is 1. The van der Waals surface area contributed by atoms with E-state index in [4.69, 9.17) is 0 Å². The molecule has 2 nitrogen and oxygen atoms in total. The van der Waals surface area contributed by atoms with Crippen LogP contribution in [0.25, 0.3) is 0 Å². The van der Waals surface area contributed by atoms with Gasteiger partial charge in [-0.2, -0.15) is 0 Å². The SMILES string of the molecule is CCNCc1cc(C)ccc1N1CCC(C)CC1. The summed E-state index contributed by atoms with van der Waals surface area (Å²) in [7, 11) is 0. The van der Waals surface area contributed by atoms with Crippen LogP contribution in [0.2, 0.25) is 0 Å². The van der Waals surface area contributed by atoms with Crippen molar-refractivity contribution >= 4 is 5.69 Å². The largest absolute Gasteiger partial charge is 0.371 e. The summed E-state index contributed by atoms with van der Waals surface area (Å²) in [6.45, 7) is 11.2. The number of hydrogen-bond acceptors (Lipinski definition) is 2. The lowest BCUT2D eigenvalue weighted by Crippen LogP contribution is -2.33. The zero-order valence-electron chi connectivity index (χ0n) is 12.0. The Hall–Kier alpha value is -1.02. The summed E-state index contributed by atoms with van der Waals surface area (Å²) >= 11 is 0. The molecule has 1 N–H and O–H groups in total. The van der Waals surface area contributed by atoms with Crippen molar-refractivity contribution in [2.45, 2.75) is 40.2 Å². The van der Waals surface area contributed by atoms with E-state index in [0.717, 1.165) is 19.0 Å². The molecule has 0 aliphatic carbocycles. The monoisotopic (exact) mass is 246 g/mol. The van der Waals surface area contributed by atoms with Gasteiger partial charge in [0.1, 0.15) is 0 Å². The summed E-state index contributed by atoms with van der Waals surface area (Å²) in [4.78, 5) is 2.56. The zero-order chi connectivity index (χ0) is 13.0. The first-order valence-electron chi connectivity index (χ1n) is 7.26. The first kappa shape index (κ1) is 13.4. The molecule has 2 rings (SSSR count). The topological polar surface area (TPSA) is 15.3 Å². The number of benzene rings is 1. The molecule has 0 aromatic heterocycles. The third kappa shape index (κ3) is 3.26. The van der Waals surface area contributed by atoms with E-state index < -0.39 is 0 Å². The molecule has 0 amide bonds. The molecule has 18 heavy (non-hydrogen) atoms. The highest BCUT2D eigenvalue weighted by Crippen LogP contribution is 2.27. The number of aryl methyl sites for hydroxylation is 1. The van der Waals surface area contributed by atoms with Crippen LogP contribution in [0.5, 0.6) is 0 Å². The van der Waals surface area contributed by atoms with Crippen LogP contribution < -0.4 is 10.2 Å². The van der Waals surface area contributed by atoms with Crippen molar-refractivity contribution in [1.29, 1.82) is 0 Å². The third-order valence-corrected chi connectivity index (χ3v) is 3.92. The van der Waals surface area contributed by atoms with Gasteiger partial charge >= 0.3 is 0 Å². The molecule has 1 saturated heterocycles. The van der Waals surface area contributed by atoms with Crippen molar-refractivity contribution in [1.82, 2.24) is 5.32 Å². The molecule has 0 unspecified atom stereocenters. The highest BCUT2D eigenvalue weighted by Gasteiger charge is 2.18. The second kappa shape index (κ2) is 6.24. The van der Waals surface area contributed by atoms with Gasteiger partial charge in [0.15, 0.2) is 0 Å². The smallest absolute Gasteiger partial charge is 0.0412 e. The molecular weight excluding hydrogens is 220 g/mol. The van der Waals surface area contributed by atoms with E-state index >= 15 is 0 Å². The Balaban J connectivity index is 2.15. The van der Waals surface area contributed by atoms with Crippen LogP contribution in [0.15, 0.2) is 18.2 Å². The normalized spacial score (nSPS) is 17.2. The van der Waals surface area contributed by atoms with Gasteiger partial charge in [0.05, 0.1) is 0 Å². The number of rotatable bonds is 4. The minimum absolute atomic E-state index is 0.893. The number of piperidine rings is 1. The maximum absolute atomic E-state index is 3.45. The van der Waals surface area contributed by atoms with Crippen LogP contribution >= 0.6 is 0 Å². The predicted octanol–water partition coefficient (Wildman–Crippen LogP) is 3.34. The standard InChI is InChI=1S/C16H26N2/c1-4-17-12-15-11-14(3)5-6-16(15)18-9-7-13(2)8-10-18/h5-6,11,13,17H,4,7-10,12H2,1-3H3. The molecule has 0 radical (unpaired) electrons. The Morgan fingerprint density at radius 3 is 2.67 bits per heavy atom. The zero-order valence-corrected chi connectivity index (χ0v) is 12.0.